The topological polar surface area (TPSA) is 66.1 Å². The summed E-state index contributed by atoms with van der Waals surface area (Å²) in [6.07, 6.45) is 0. The second-order valence-electron chi connectivity index (χ2n) is 7.93. The fraction of sp³-hybridized carbons (Fsp3) is 1.00. The van der Waals surface area contributed by atoms with E-state index in [1.807, 2.05) is 21.1 Å². The Kier molecular flexibility index (Phi) is 14.2. The largest absolute Gasteiger partial charge is 4.00 e. The second-order valence-corrected chi connectivity index (χ2v) is 24.4. The van der Waals surface area contributed by atoms with Crippen LogP contribution in [0.1, 0.15) is 20.8 Å². The molecule has 0 aromatic rings. The van der Waals surface area contributed by atoms with Crippen LogP contribution in [0.2, 0.25) is 49.1 Å². The van der Waals surface area contributed by atoms with Crippen molar-refractivity contribution >= 4 is 34.4 Å². The van der Waals surface area contributed by atoms with Gasteiger partial charge < -0.3 is 20.3 Å². The van der Waals surface area contributed by atoms with Crippen molar-refractivity contribution in [3.8, 4) is 0 Å². The van der Waals surface area contributed by atoms with Crippen molar-refractivity contribution in [3.63, 3.8) is 0 Å². The molecule has 0 fully saturated rings. The quantitative estimate of drug-likeness (QED) is 0.456. The smallest absolute Gasteiger partial charge is 0.685 e. The Morgan fingerprint density at radius 1 is 0.826 bits per heavy atom. The first-order valence-corrected chi connectivity index (χ1v) is 17.9. The normalized spacial score (nSPS) is 14.5. The van der Waals surface area contributed by atoms with Gasteiger partial charge in [0.05, 0.1) is 0 Å². The molecule has 0 saturated heterocycles. The Morgan fingerprint density at radius 2 is 1.13 bits per heavy atom. The summed E-state index contributed by atoms with van der Waals surface area (Å²) in [5, 5.41) is 7.70. The molecule has 0 heterocycles. The predicted molar refractivity (Wildman–Crippen MR) is 114 cm³/mol. The second kappa shape index (κ2) is 11.2. The number of rotatable bonds is 7. The van der Waals surface area contributed by atoms with Gasteiger partial charge in [0.2, 0.25) is 0 Å². The third-order valence-corrected chi connectivity index (χ3v) is 24.3. The van der Waals surface area contributed by atoms with Crippen molar-refractivity contribution in [3.05, 3.63) is 20.3 Å². The van der Waals surface area contributed by atoms with E-state index in [4.69, 9.17) is 5.40 Å². The molecular formula is C14H38N4Si4Ti. The molecule has 23 heavy (non-hydrogen) atoms. The predicted octanol–water partition coefficient (Wildman–Crippen LogP) is 5.93. The molecule has 1 N–H and O–H groups in total. The zero-order valence-corrected chi connectivity index (χ0v) is 23.0. The molecule has 0 aliphatic rings. The molecule has 0 bridgehead atoms. The molecule has 0 rings (SSSR count). The molecular weight excluding hydrogens is 384 g/mol. The Balaban J connectivity index is -0.000000354. The van der Waals surface area contributed by atoms with Gasteiger partial charge in [-0.15, -0.1) is 9.68 Å². The Morgan fingerprint density at radius 3 is 1.26 bits per heavy atom. The van der Waals surface area contributed by atoms with E-state index >= 15 is 0 Å². The summed E-state index contributed by atoms with van der Waals surface area (Å²) in [7, 11) is 1.85. The maximum atomic E-state index is 7.17. The van der Waals surface area contributed by atoms with Crippen LogP contribution in [0, 0.1) is 0 Å². The molecule has 2 radical (unpaired) electrons. The summed E-state index contributed by atoms with van der Waals surface area (Å²) in [5.74, 6) is 0. The van der Waals surface area contributed by atoms with E-state index in [9.17, 15) is 0 Å². The molecule has 0 aliphatic carbocycles. The van der Waals surface area contributed by atoms with E-state index in [1.165, 1.54) is 0 Å². The molecule has 0 aromatic carbocycles. The van der Waals surface area contributed by atoms with E-state index in [0.717, 1.165) is 0 Å². The molecule has 0 amide bonds. The van der Waals surface area contributed by atoms with Crippen LogP contribution in [0.3, 0.4) is 0 Å². The Labute approximate surface area is 167 Å². The number of hydrogen-bond donors (Lipinski definition) is 0. The van der Waals surface area contributed by atoms with Crippen molar-refractivity contribution in [2.45, 2.75) is 69.9 Å². The van der Waals surface area contributed by atoms with Gasteiger partial charge in [-0.25, -0.2) is 0 Å². The van der Waals surface area contributed by atoms with Crippen LogP contribution in [-0.4, -0.2) is 55.5 Å². The summed E-state index contributed by atoms with van der Waals surface area (Å²) >= 11 is 0. The van der Waals surface area contributed by atoms with Gasteiger partial charge >= 0.3 is 21.7 Å². The average molecular weight is 423 g/mol. The van der Waals surface area contributed by atoms with Crippen molar-refractivity contribution < 1.29 is 21.7 Å². The van der Waals surface area contributed by atoms with E-state index < -0.39 is 24.7 Å². The molecule has 1 atom stereocenters. The van der Waals surface area contributed by atoms with Crippen LogP contribution in [0.15, 0.2) is 0 Å². The van der Waals surface area contributed by atoms with Crippen LogP contribution in [0.5, 0.6) is 0 Å². The van der Waals surface area contributed by atoms with Crippen LogP contribution in [-0.2, 0) is 21.7 Å². The minimum atomic E-state index is -1.47. The van der Waals surface area contributed by atoms with Crippen LogP contribution >= 0.6 is 0 Å². The standard InChI is InChI=1S/C9H24N2Si2.C5H14N2Si2.Ti/c1-9(2,12(5,6)10-3)13(7,8)11-4;1-5(8-6)9(3,4)7-2;/h1-8H3;5-6H,1-4H3;/q2*-2;+4. The average Bonchev–Trinajstić information content (AvgIpc) is 2.46. The van der Waals surface area contributed by atoms with Crippen molar-refractivity contribution in [2.75, 3.05) is 21.1 Å². The van der Waals surface area contributed by atoms with Gasteiger partial charge in [-0.1, -0.05) is 94.6 Å². The summed E-state index contributed by atoms with van der Waals surface area (Å²) in [6.45, 7) is 20.6. The van der Waals surface area contributed by atoms with E-state index in [-0.39, 0.29) is 21.7 Å². The summed E-state index contributed by atoms with van der Waals surface area (Å²) < 4.78 is 0.337. The van der Waals surface area contributed by atoms with Crippen molar-refractivity contribution in [1.82, 2.24) is 0 Å². The van der Waals surface area contributed by atoms with E-state index in [0.29, 0.717) is 19.5 Å². The maximum Gasteiger partial charge on any atom is 4.00 e. The molecule has 0 spiro atoms. The monoisotopic (exact) mass is 422 g/mol. The molecule has 4 nitrogen and oxygen atoms in total. The molecule has 0 aromatic heterocycles. The fourth-order valence-electron chi connectivity index (χ4n) is 1.68. The summed E-state index contributed by atoms with van der Waals surface area (Å²) in [4.78, 5) is 13.6. The Bertz CT molecular complexity index is 308. The molecule has 0 aliphatic heterocycles. The van der Waals surface area contributed by atoms with E-state index in [2.05, 4.69) is 75.0 Å². The zero-order chi connectivity index (χ0) is 18.4. The minimum Gasteiger partial charge on any atom is -0.685 e. The van der Waals surface area contributed by atoms with Gasteiger partial charge in [0.15, 0.2) is 0 Å². The van der Waals surface area contributed by atoms with Gasteiger partial charge in [-0.3, -0.25) is 0 Å². The first-order chi connectivity index (χ1) is 9.66. The third-order valence-electron chi connectivity index (χ3n) is 6.03. The SMILES string of the molecule is C[N-][Si](C)(C)C(C)(C)[Si](C)(C)[N-]C.C[N-][Si](C)(C)C(C)[Si][NH-].[Ti+4]. The van der Waals surface area contributed by atoms with Gasteiger partial charge in [-0.2, -0.15) is 21.1 Å². The van der Waals surface area contributed by atoms with Crippen molar-refractivity contribution in [1.29, 1.82) is 0 Å². The number of nitrogens with zero attached hydrogens (tertiary/aromatic N) is 3. The van der Waals surface area contributed by atoms with Crippen LogP contribution < -0.4 is 0 Å². The molecule has 0 saturated carbocycles. The van der Waals surface area contributed by atoms with E-state index in [1.54, 1.807) is 0 Å². The van der Waals surface area contributed by atoms with Gasteiger partial charge in [0, 0.05) is 0 Å². The first kappa shape index (κ1) is 29.2. The first-order valence-electron chi connectivity index (χ1n) is 7.92. The molecule has 1 unspecified atom stereocenters. The third kappa shape index (κ3) is 8.10. The zero-order valence-electron chi connectivity index (χ0n) is 17.4. The van der Waals surface area contributed by atoms with Crippen molar-refractivity contribution in [2.24, 2.45) is 0 Å². The summed E-state index contributed by atoms with van der Waals surface area (Å²) in [6, 6.07) is 0. The summed E-state index contributed by atoms with van der Waals surface area (Å²) in [5.41, 5.74) is 0. The molecule has 9 heteroatoms. The van der Waals surface area contributed by atoms with Gasteiger partial charge in [0.25, 0.3) is 0 Å². The maximum absolute atomic E-state index is 7.17. The minimum absolute atomic E-state index is 0. The van der Waals surface area contributed by atoms with Crippen LogP contribution in [0.25, 0.3) is 20.3 Å². The van der Waals surface area contributed by atoms with Gasteiger partial charge in [-0.05, 0) is 0 Å². The molecule has 134 valence electrons. The van der Waals surface area contributed by atoms with Crippen LogP contribution in [0.4, 0.5) is 0 Å². The number of nitrogens with one attached hydrogen (secondary N) is 1. The van der Waals surface area contributed by atoms with Gasteiger partial charge in [0.1, 0.15) is 0 Å². The Hall–Kier alpha value is 1.42. The number of hydrogen-bond acceptors (Lipinski definition) is 0. The fourth-order valence-corrected chi connectivity index (χ4v) is 11.6.